The van der Waals surface area contributed by atoms with Crippen LogP contribution in [0, 0.1) is 6.92 Å². The summed E-state index contributed by atoms with van der Waals surface area (Å²) < 4.78 is 7.18. The van der Waals surface area contributed by atoms with Crippen molar-refractivity contribution in [2.45, 2.75) is 51.2 Å². The van der Waals surface area contributed by atoms with Crippen LogP contribution in [0.3, 0.4) is 0 Å². The fourth-order valence-electron chi connectivity index (χ4n) is 3.59. The second kappa shape index (κ2) is 7.79. The van der Waals surface area contributed by atoms with Crippen molar-refractivity contribution >= 4 is 11.6 Å². The van der Waals surface area contributed by atoms with Crippen LogP contribution in [0.25, 0.3) is 5.65 Å². The number of amides is 1. The summed E-state index contributed by atoms with van der Waals surface area (Å²) in [5.41, 5.74) is 1.31. The summed E-state index contributed by atoms with van der Waals surface area (Å²) in [5, 5.41) is 5.86. The van der Waals surface area contributed by atoms with Crippen molar-refractivity contribution in [3.05, 3.63) is 52.5 Å². The summed E-state index contributed by atoms with van der Waals surface area (Å²) in [7, 11) is 0. The number of hydrogen-bond acceptors (Lipinski definition) is 6. The third-order valence-electron chi connectivity index (χ3n) is 5.05. The van der Waals surface area contributed by atoms with E-state index in [2.05, 4.69) is 25.4 Å². The van der Waals surface area contributed by atoms with Gasteiger partial charge in [-0.2, -0.15) is 0 Å². The zero-order chi connectivity index (χ0) is 19.5. The Morgan fingerprint density at radius 3 is 2.89 bits per heavy atom. The Bertz CT molecular complexity index is 1020. The summed E-state index contributed by atoms with van der Waals surface area (Å²) >= 11 is 0. The summed E-state index contributed by atoms with van der Waals surface area (Å²) in [5.74, 6) is 0.366. The fraction of sp³-hybridized carbons (Fsp3) is 0.421. The van der Waals surface area contributed by atoms with E-state index in [4.69, 9.17) is 4.74 Å². The first-order valence-electron chi connectivity index (χ1n) is 9.38. The molecule has 9 nitrogen and oxygen atoms in total. The number of aromatic amines is 1. The molecule has 0 spiro atoms. The van der Waals surface area contributed by atoms with Crippen molar-refractivity contribution in [2.75, 3.05) is 0 Å². The van der Waals surface area contributed by atoms with Gasteiger partial charge in [0.1, 0.15) is 6.10 Å². The highest BCUT2D eigenvalue weighted by molar-refractivity contribution is 5.79. The van der Waals surface area contributed by atoms with Crippen LogP contribution in [0.1, 0.15) is 36.9 Å². The van der Waals surface area contributed by atoms with Gasteiger partial charge in [-0.25, -0.2) is 14.5 Å². The Morgan fingerprint density at radius 2 is 2.14 bits per heavy atom. The predicted molar refractivity (Wildman–Crippen MR) is 101 cm³/mol. The molecule has 3 aromatic heterocycles. The highest BCUT2D eigenvalue weighted by Crippen LogP contribution is 2.22. The SMILES string of the molecule is Cc1nc2cc[nH]n2c(=O)c1CC(=O)NC1CCC(Oc2cnccn2)CC1. The maximum atomic E-state index is 12.5. The van der Waals surface area contributed by atoms with Crippen molar-refractivity contribution in [2.24, 2.45) is 0 Å². The van der Waals surface area contributed by atoms with Crippen molar-refractivity contribution in [1.29, 1.82) is 0 Å². The molecule has 0 bridgehead atoms. The summed E-state index contributed by atoms with van der Waals surface area (Å²) in [6.45, 7) is 1.76. The molecule has 0 radical (unpaired) electrons. The number of rotatable bonds is 5. The summed E-state index contributed by atoms with van der Waals surface area (Å²) in [6.07, 6.45) is 9.87. The number of H-pyrrole nitrogens is 1. The minimum atomic E-state index is -0.233. The first-order valence-corrected chi connectivity index (χ1v) is 9.38. The zero-order valence-corrected chi connectivity index (χ0v) is 15.6. The van der Waals surface area contributed by atoms with Crippen molar-refractivity contribution in [1.82, 2.24) is 29.9 Å². The highest BCUT2D eigenvalue weighted by Gasteiger charge is 2.24. The van der Waals surface area contributed by atoms with Gasteiger partial charge in [0.25, 0.3) is 5.56 Å². The van der Waals surface area contributed by atoms with Gasteiger partial charge in [0.15, 0.2) is 5.65 Å². The standard InChI is InChI=1S/C19H22N6O3/c1-12-15(19(27)25-16(23-12)6-7-22-25)10-17(26)24-13-2-4-14(5-3-13)28-18-11-20-8-9-21-18/h6-9,11,13-14,22H,2-5,10H2,1H3,(H,24,26). The van der Waals surface area contributed by atoms with Gasteiger partial charge in [-0.15, -0.1) is 0 Å². The number of nitrogens with zero attached hydrogens (tertiary/aromatic N) is 4. The lowest BCUT2D eigenvalue weighted by Gasteiger charge is -2.29. The minimum Gasteiger partial charge on any atom is -0.473 e. The average Bonchev–Trinajstić information content (AvgIpc) is 3.16. The van der Waals surface area contributed by atoms with E-state index in [1.165, 1.54) is 4.52 Å². The van der Waals surface area contributed by atoms with E-state index in [0.717, 1.165) is 25.7 Å². The van der Waals surface area contributed by atoms with Crippen LogP contribution in [-0.2, 0) is 11.2 Å². The number of ether oxygens (including phenoxy) is 1. The molecular weight excluding hydrogens is 360 g/mol. The molecule has 4 rings (SSSR count). The van der Waals surface area contributed by atoms with Crippen LogP contribution in [0.15, 0.2) is 35.6 Å². The third kappa shape index (κ3) is 3.88. The minimum absolute atomic E-state index is 0.0235. The Hall–Kier alpha value is -3.23. The predicted octanol–water partition coefficient (Wildman–Crippen LogP) is 1.17. The lowest BCUT2D eigenvalue weighted by Crippen LogP contribution is -2.41. The smallest absolute Gasteiger partial charge is 0.276 e. The molecule has 0 saturated heterocycles. The first-order chi connectivity index (χ1) is 13.6. The third-order valence-corrected chi connectivity index (χ3v) is 5.05. The van der Waals surface area contributed by atoms with Gasteiger partial charge in [0.05, 0.1) is 12.6 Å². The second-order valence-electron chi connectivity index (χ2n) is 7.02. The number of nitrogens with one attached hydrogen (secondary N) is 2. The molecule has 1 fully saturated rings. The molecule has 1 amide bonds. The molecule has 1 aliphatic rings. The van der Waals surface area contributed by atoms with Crippen LogP contribution in [0.2, 0.25) is 0 Å². The van der Waals surface area contributed by atoms with Crippen LogP contribution in [0.4, 0.5) is 0 Å². The lowest BCUT2D eigenvalue weighted by atomic mass is 9.92. The monoisotopic (exact) mass is 382 g/mol. The highest BCUT2D eigenvalue weighted by atomic mass is 16.5. The fourth-order valence-corrected chi connectivity index (χ4v) is 3.59. The average molecular weight is 382 g/mol. The first kappa shape index (κ1) is 18.1. The largest absolute Gasteiger partial charge is 0.473 e. The van der Waals surface area contributed by atoms with E-state index in [-0.39, 0.29) is 30.0 Å². The van der Waals surface area contributed by atoms with Crippen molar-refractivity contribution < 1.29 is 9.53 Å². The number of hydrogen-bond donors (Lipinski definition) is 2. The number of carbonyl (C=O) groups excluding carboxylic acids is 1. The number of carbonyl (C=O) groups is 1. The second-order valence-corrected chi connectivity index (χ2v) is 7.02. The molecule has 9 heteroatoms. The molecular formula is C19H22N6O3. The van der Waals surface area contributed by atoms with Gasteiger partial charge in [-0.3, -0.25) is 19.7 Å². The Morgan fingerprint density at radius 1 is 1.32 bits per heavy atom. The van der Waals surface area contributed by atoms with Crippen LogP contribution < -0.4 is 15.6 Å². The Labute approximate surface area is 161 Å². The zero-order valence-electron chi connectivity index (χ0n) is 15.6. The van der Waals surface area contributed by atoms with E-state index in [9.17, 15) is 9.59 Å². The molecule has 3 aromatic rings. The molecule has 0 aromatic carbocycles. The van der Waals surface area contributed by atoms with Gasteiger partial charge in [0.2, 0.25) is 11.8 Å². The van der Waals surface area contributed by atoms with Gasteiger partial charge in [-0.05, 0) is 32.6 Å². The van der Waals surface area contributed by atoms with E-state index < -0.39 is 0 Å². The topological polar surface area (TPSA) is 114 Å². The summed E-state index contributed by atoms with van der Waals surface area (Å²) in [6, 6.07) is 1.80. The van der Waals surface area contributed by atoms with Gasteiger partial charge in [0, 0.05) is 42.0 Å². The van der Waals surface area contributed by atoms with Crippen molar-refractivity contribution in [3.8, 4) is 5.88 Å². The Kier molecular flexibility index (Phi) is 5.05. The molecule has 1 saturated carbocycles. The summed E-state index contributed by atoms with van der Waals surface area (Å²) in [4.78, 5) is 37.5. The number of fused-ring (bicyclic) bond motifs is 1. The maximum Gasteiger partial charge on any atom is 0.276 e. The molecule has 2 N–H and O–H groups in total. The van der Waals surface area contributed by atoms with Crippen LogP contribution in [-0.4, -0.2) is 42.6 Å². The molecule has 3 heterocycles. The maximum absolute atomic E-state index is 12.5. The van der Waals surface area contributed by atoms with E-state index in [1.807, 2.05) is 0 Å². The number of aryl methyl sites for hydroxylation is 1. The van der Waals surface area contributed by atoms with Gasteiger partial charge < -0.3 is 10.1 Å². The number of aromatic nitrogens is 5. The van der Waals surface area contributed by atoms with Crippen LogP contribution in [0.5, 0.6) is 5.88 Å². The molecule has 28 heavy (non-hydrogen) atoms. The normalized spacial score (nSPS) is 19.5. The Balaban J connectivity index is 1.32. The van der Waals surface area contributed by atoms with E-state index in [0.29, 0.717) is 22.8 Å². The van der Waals surface area contributed by atoms with E-state index in [1.54, 1.807) is 37.8 Å². The molecule has 146 valence electrons. The van der Waals surface area contributed by atoms with Crippen molar-refractivity contribution in [3.63, 3.8) is 0 Å². The van der Waals surface area contributed by atoms with E-state index >= 15 is 0 Å². The quantitative estimate of drug-likeness (QED) is 0.685. The van der Waals surface area contributed by atoms with Crippen LogP contribution >= 0.6 is 0 Å². The molecule has 0 unspecified atom stereocenters. The molecule has 0 aliphatic heterocycles. The lowest BCUT2D eigenvalue weighted by molar-refractivity contribution is -0.121. The van der Waals surface area contributed by atoms with Gasteiger partial charge in [-0.1, -0.05) is 0 Å². The molecule has 1 aliphatic carbocycles. The molecule has 0 atom stereocenters. The van der Waals surface area contributed by atoms with Gasteiger partial charge >= 0.3 is 0 Å².